The zero-order valence-corrected chi connectivity index (χ0v) is 19.7. The second kappa shape index (κ2) is 9.30. The lowest BCUT2D eigenvalue weighted by atomic mass is 9.94. The zero-order chi connectivity index (χ0) is 23.6. The molecule has 0 saturated carbocycles. The van der Waals surface area contributed by atoms with Crippen LogP contribution in [0.1, 0.15) is 5.69 Å². The average Bonchev–Trinajstić information content (AvgIpc) is 3.14. The first-order chi connectivity index (χ1) is 15.0. The van der Waals surface area contributed by atoms with Crippen LogP contribution in [0.3, 0.4) is 0 Å². The molecule has 1 aromatic heterocycles. The SMILES string of the molecule is CO/N=C(/C(=O)N[C@@H]1C(=O)N2C(C(=O)O)=C(/C=C/C[N+](C)(C)C)SC[C@H]12)c1csc(N)n1. The van der Waals surface area contributed by atoms with Crippen LogP contribution in [0.25, 0.3) is 0 Å². The van der Waals surface area contributed by atoms with Gasteiger partial charge in [-0.05, 0) is 12.2 Å². The lowest BCUT2D eigenvalue weighted by molar-refractivity contribution is -0.864. The number of anilines is 1. The van der Waals surface area contributed by atoms with E-state index in [0.29, 0.717) is 21.7 Å². The second-order valence-electron chi connectivity index (χ2n) is 8.12. The maximum atomic E-state index is 12.8. The number of fused-ring (bicyclic) bond motifs is 1. The van der Waals surface area contributed by atoms with Crippen LogP contribution in [-0.2, 0) is 19.2 Å². The zero-order valence-electron chi connectivity index (χ0n) is 18.1. The minimum atomic E-state index is -1.19. The number of thiazole rings is 1. The third-order valence-corrected chi connectivity index (χ3v) is 6.50. The summed E-state index contributed by atoms with van der Waals surface area (Å²) in [6, 6.07) is -1.36. The van der Waals surface area contributed by atoms with Crippen molar-refractivity contribution < 1.29 is 28.8 Å². The van der Waals surface area contributed by atoms with Gasteiger partial charge in [0.2, 0.25) is 0 Å². The fourth-order valence-electron chi connectivity index (χ4n) is 3.22. The number of thioether (sulfide) groups is 1. The molecule has 2 aliphatic heterocycles. The number of rotatable bonds is 8. The van der Waals surface area contributed by atoms with Crippen molar-refractivity contribution in [3.05, 3.63) is 33.8 Å². The van der Waals surface area contributed by atoms with Crippen molar-refractivity contribution >= 4 is 51.7 Å². The van der Waals surface area contributed by atoms with Gasteiger partial charge in [-0.1, -0.05) is 5.16 Å². The molecule has 2 atom stereocenters. The Balaban J connectivity index is 1.78. The normalized spacial score (nSPS) is 21.4. The van der Waals surface area contributed by atoms with Crippen LogP contribution in [-0.4, -0.2) is 95.6 Å². The molecule has 0 bridgehead atoms. The van der Waals surface area contributed by atoms with Gasteiger partial charge in [0.15, 0.2) is 10.8 Å². The first-order valence-corrected chi connectivity index (χ1v) is 11.4. The van der Waals surface area contributed by atoms with E-state index >= 15 is 0 Å². The molecule has 0 unspecified atom stereocenters. The molecule has 1 fully saturated rings. The van der Waals surface area contributed by atoms with Crippen molar-refractivity contribution in [1.82, 2.24) is 15.2 Å². The summed E-state index contributed by atoms with van der Waals surface area (Å²) in [6.45, 7) is 0.704. The molecule has 172 valence electrons. The van der Waals surface area contributed by atoms with Gasteiger partial charge in [0, 0.05) is 16.0 Å². The number of oxime groups is 1. The fourth-order valence-corrected chi connectivity index (χ4v) is 4.98. The van der Waals surface area contributed by atoms with Crippen molar-refractivity contribution in [3.63, 3.8) is 0 Å². The van der Waals surface area contributed by atoms with Gasteiger partial charge in [-0.2, -0.15) is 0 Å². The number of nitrogens with zero attached hydrogens (tertiary/aromatic N) is 4. The maximum absolute atomic E-state index is 12.8. The molecule has 0 radical (unpaired) electrons. The minimum absolute atomic E-state index is 0.0718. The summed E-state index contributed by atoms with van der Waals surface area (Å²) in [5, 5.41) is 17.9. The van der Waals surface area contributed by atoms with Crippen LogP contribution in [0.4, 0.5) is 5.13 Å². The van der Waals surface area contributed by atoms with E-state index < -0.39 is 29.9 Å². The number of aliphatic carboxylic acids is 1. The number of carbonyl (C=O) groups is 3. The first-order valence-electron chi connectivity index (χ1n) is 9.57. The Kier molecular flexibility index (Phi) is 6.91. The summed E-state index contributed by atoms with van der Waals surface area (Å²) >= 11 is 2.48. The summed E-state index contributed by atoms with van der Waals surface area (Å²) in [6.07, 6.45) is 3.63. The van der Waals surface area contributed by atoms with Crippen LogP contribution in [0.5, 0.6) is 0 Å². The van der Waals surface area contributed by atoms with Crippen molar-refractivity contribution in [3.8, 4) is 0 Å². The van der Waals surface area contributed by atoms with E-state index in [1.165, 1.54) is 23.8 Å². The van der Waals surface area contributed by atoms with E-state index in [-0.39, 0.29) is 22.2 Å². The Bertz CT molecular complexity index is 1030. The highest BCUT2D eigenvalue weighted by Crippen LogP contribution is 2.39. The lowest BCUT2D eigenvalue weighted by Crippen LogP contribution is -2.73. The Morgan fingerprint density at radius 1 is 1.47 bits per heavy atom. The number of quaternary nitrogens is 1. The van der Waals surface area contributed by atoms with Crippen LogP contribution in [0, 0.1) is 0 Å². The van der Waals surface area contributed by atoms with E-state index in [2.05, 4.69) is 15.5 Å². The van der Waals surface area contributed by atoms with Gasteiger partial charge in [-0.15, -0.1) is 23.1 Å². The van der Waals surface area contributed by atoms with E-state index in [0.717, 1.165) is 11.3 Å². The number of aromatic nitrogens is 1. The topological polar surface area (TPSA) is 147 Å². The monoisotopic (exact) mass is 481 g/mol. The number of amides is 2. The van der Waals surface area contributed by atoms with Gasteiger partial charge in [0.1, 0.15) is 24.5 Å². The number of β-lactam (4-membered cyclic amide) rings is 1. The van der Waals surface area contributed by atoms with Crippen molar-refractivity contribution in [2.75, 3.05) is 46.3 Å². The van der Waals surface area contributed by atoms with Gasteiger partial charge in [-0.3, -0.25) is 14.5 Å². The number of carbonyl (C=O) groups excluding carboxylic acids is 2. The molecule has 32 heavy (non-hydrogen) atoms. The molecule has 1 aromatic rings. The lowest BCUT2D eigenvalue weighted by Gasteiger charge is -2.49. The Morgan fingerprint density at radius 3 is 2.75 bits per heavy atom. The third-order valence-electron chi connectivity index (χ3n) is 4.68. The van der Waals surface area contributed by atoms with Gasteiger partial charge >= 0.3 is 5.97 Å². The van der Waals surface area contributed by atoms with Crippen molar-refractivity contribution in [2.45, 2.75) is 12.1 Å². The standard InChI is InChI=1S/C19H24N6O5S2/c1-25(2,3)7-5-6-12-15(18(28)29)24-11(9-31-12)14(17(24)27)22-16(26)13(23-30-4)10-8-32-19(20)21-10/h5-6,8,11,14H,7,9H2,1-4H3,(H3-,20,21,22,26,28,29)/p+1/b6-5+,23-13+/t11-,14+/m1/s1. The third kappa shape index (κ3) is 4.95. The minimum Gasteiger partial charge on any atom is -0.477 e. The van der Waals surface area contributed by atoms with Gasteiger partial charge in [-0.25, -0.2) is 9.78 Å². The van der Waals surface area contributed by atoms with Crippen molar-refractivity contribution in [2.24, 2.45) is 5.16 Å². The van der Waals surface area contributed by atoms with Crippen LogP contribution in [0.15, 0.2) is 33.3 Å². The van der Waals surface area contributed by atoms with Crippen LogP contribution < -0.4 is 11.1 Å². The van der Waals surface area contributed by atoms with E-state index in [1.807, 2.05) is 27.2 Å². The van der Waals surface area contributed by atoms with Crippen LogP contribution >= 0.6 is 23.1 Å². The van der Waals surface area contributed by atoms with Gasteiger partial charge in [0.25, 0.3) is 11.8 Å². The molecule has 11 nitrogen and oxygen atoms in total. The first kappa shape index (κ1) is 23.8. The molecule has 4 N–H and O–H groups in total. The molecule has 13 heteroatoms. The highest BCUT2D eigenvalue weighted by atomic mass is 32.2. The molecule has 0 aliphatic carbocycles. The molecule has 3 heterocycles. The quantitative estimate of drug-likeness (QED) is 0.205. The second-order valence-corrected chi connectivity index (χ2v) is 10.1. The van der Waals surface area contributed by atoms with Crippen molar-refractivity contribution in [1.29, 1.82) is 0 Å². The summed E-state index contributed by atoms with van der Waals surface area (Å²) in [5.74, 6) is -1.90. The van der Waals surface area contributed by atoms with E-state index in [4.69, 9.17) is 10.6 Å². The van der Waals surface area contributed by atoms with E-state index in [9.17, 15) is 19.5 Å². The predicted octanol–water partition coefficient (Wildman–Crippen LogP) is 0.0768. The highest BCUT2D eigenvalue weighted by Gasteiger charge is 2.54. The molecule has 0 aromatic carbocycles. The number of nitrogens with one attached hydrogen (secondary N) is 1. The smallest absolute Gasteiger partial charge is 0.353 e. The van der Waals surface area contributed by atoms with Gasteiger partial charge in [0.05, 0.1) is 33.7 Å². The number of nitrogen functional groups attached to an aromatic ring is 1. The van der Waals surface area contributed by atoms with Gasteiger partial charge < -0.3 is 25.5 Å². The number of carboxylic acids is 1. The number of hydrogen-bond acceptors (Lipinski definition) is 9. The number of hydrogen-bond donors (Lipinski definition) is 3. The molecule has 1 saturated heterocycles. The van der Waals surface area contributed by atoms with Crippen LogP contribution in [0.2, 0.25) is 0 Å². The Labute approximate surface area is 193 Å². The summed E-state index contributed by atoms with van der Waals surface area (Å²) in [5.41, 5.74) is 5.66. The average molecular weight is 482 g/mol. The summed E-state index contributed by atoms with van der Waals surface area (Å²) < 4.78 is 0.687. The highest BCUT2D eigenvalue weighted by molar-refractivity contribution is 8.03. The molecule has 3 rings (SSSR count). The largest absolute Gasteiger partial charge is 0.477 e. The summed E-state index contributed by atoms with van der Waals surface area (Å²) in [7, 11) is 7.35. The number of likely N-dealkylation sites (N-methyl/N-ethyl adjacent to an activating group) is 1. The Morgan fingerprint density at radius 2 is 2.19 bits per heavy atom. The molecular weight excluding hydrogens is 456 g/mol. The molecule has 2 aliphatic rings. The Hall–Kier alpha value is -2.90. The summed E-state index contributed by atoms with van der Waals surface area (Å²) in [4.78, 5) is 48.0. The maximum Gasteiger partial charge on any atom is 0.353 e. The molecule has 0 spiro atoms. The number of allylic oxidation sites excluding steroid dienone is 1. The fraction of sp³-hybridized carbons (Fsp3) is 0.421. The van der Waals surface area contributed by atoms with E-state index in [1.54, 1.807) is 11.5 Å². The predicted molar refractivity (Wildman–Crippen MR) is 122 cm³/mol. The number of nitrogens with two attached hydrogens (primary N) is 1. The molecule has 2 amide bonds. The number of carboxylic acid groups (broad SMARTS) is 1. The molecular formula is C19H25N6O5S2+.